The zero-order valence-corrected chi connectivity index (χ0v) is 18.9. The Morgan fingerprint density at radius 2 is 1.97 bits per heavy atom. The number of halogens is 2. The van der Waals surface area contributed by atoms with Crippen LogP contribution in [-0.2, 0) is 4.79 Å². The van der Waals surface area contributed by atoms with Crippen molar-refractivity contribution < 1.29 is 23.0 Å². The number of hydrogen-bond acceptors (Lipinski definition) is 5. The average Bonchev–Trinajstić information content (AvgIpc) is 3.70. The predicted octanol–water partition coefficient (Wildman–Crippen LogP) is 5.25. The molecule has 3 atom stereocenters. The Bertz CT molecular complexity index is 993. The molecule has 2 saturated carbocycles. The third-order valence-electron chi connectivity index (χ3n) is 6.91. The summed E-state index contributed by atoms with van der Waals surface area (Å²) in [6, 6.07) is 11.8. The SMILES string of the molecule is C[C@H](CC(=O)C1CC1)c1ccc(O[C@@H]2CCN(c3ccnc(OCC4CC4(F)F)c3)C2)cc1. The van der Waals surface area contributed by atoms with E-state index in [4.69, 9.17) is 9.47 Å². The largest absolute Gasteiger partial charge is 0.489 e. The molecule has 1 saturated heterocycles. The van der Waals surface area contributed by atoms with Crippen LogP contribution in [0.3, 0.4) is 0 Å². The molecule has 0 spiro atoms. The summed E-state index contributed by atoms with van der Waals surface area (Å²) >= 11 is 0. The highest BCUT2D eigenvalue weighted by Crippen LogP contribution is 2.48. The maximum atomic E-state index is 13.1. The van der Waals surface area contributed by atoms with Crippen molar-refractivity contribution in [2.75, 3.05) is 24.6 Å². The van der Waals surface area contributed by atoms with E-state index in [1.807, 2.05) is 24.3 Å². The Kier molecular flexibility index (Phi) is 5.97. The Hall–Kier alpha value is -2.70. The van der Waals surface area contributed by atoms with Gasteiger partial charge in [0.1, 0.15) is 17.6 Å². The van der Waals surface area contributed by atoms with Gasteiger partial charge in [0.2, 0.25) is 5.88 Å². The number of carbonyl (C=O) groups excluding carboxylic acids is 1. The van der Waals surface area contributed by atoms with E-state index >= 15 is 0 Å². The second-order valence-electron chi connectivity index (χ2n) is 9.71. The number of rotatable bonds is 10. The monoisotopic (exact) mass is 456 g/mol. The van der Waals surface area contributed by atoms with Crippen molar-refractivity contribution in [3.8, 4) is 11.6 Å². The summed E-state index contributed by atoms with van der Waals surface area (Å²) in [4.78, 5) is 18.4. The van der Waals surface area contributed by atoms with E-state index in [2.05, 4.69) is 28.9 Å². The molecule has 0 bridgehead atoms. The number of nitrogens with zero attached hydrogens (tertiary/aromatic N) is 2. The second kappa shape index (κ2) is 8.92. The van der Waals surface area contributed by atoms with Crippen molar-refractivity contribution in [1.82, 2.24) is 4.98 Å². The predicted molar refractivity (Wildman–Crippen MR) is 121 cm³/mol. The van der Waals surface area contributed by atoms with Gasteiger partial charge in [0.15, 0.2) is 0 Å². The number of benzene rings is 1. The van der Waals surface area contributed by atoms with Crippen molar-refractivity contribution in [2.24, 2.45) is 11.8 Å². The first kappa shape index (κ1) is 22.1. The van der Waals surface area contributed by atoms with Crippen LogP contribution in [0.1, 0.15) is 50.5 Å². The number of carbonyl (C=O) groups is 1. The molecule has 0 N–H and O–H groups in total. The van der Waals surface area contributed by atoms with Crippen LogP contribution < -0.4 is 14.4 Å². The van der Waals surface area contributed by atoms with Gasteiger partial charge in [-0.25, -0.2) is 13.8 Å². The molecule has 1 aromatic heterocycles. The minimum atomic E-state index is -2.58. The Morgan fingerprint density at radius 3 is 2.67 bits per heavy atom. The van der Waals surface area contributed by atoms with E-state index < -0.39 is 11.8 Å². The summed E-state index contributed by atoms with van der Waals surface area (Å²) in [5.74, 6) is -1.14. The van der Waals surface area contributed by atoms with Gasteiger partial charge in [0.05, 0.1) is 19.1 Å². The van der Waals surface area contributed by atoms with Crippen molar-refractivity contribution in [3.05, 3.63) is 48.2 Å². The zero-order chi connectivity index (χ0) is 23.0. The molecule has 2 aromatic rings. The van der Waals surface area contributed by atoms with Crippen LogP contribution in [0.4, 0.5) is 14.5 Å². The summed E-state index contributed by atoms with van der Waals surface area (Å²) in [7, 11) is 0. The Balaban J connectivity index is 1.11. The molecule has 1 aliphatic heterocycles. The van der Waals surface area contributed by atoms with Crippen molar-refractivity contribution in [1.29, 1.82) is 0 Å². The molecule has 5 nitrogen and oxygen atoms in total. The number of ether oxygens (including phenoxy) is 2. The van der Waals surface area contributed by atoms with Gasteiger partial charge >= 0.3 is 0 Å². The molecule has 0 radical (unpaired) electrons. The van der Waals surface area contributed by atoms with Crippen LogP contribution in [0.2, 0.25) is 0 Å². The van der Waals surface area contributed by atoms with E-state index in [9.17, 15) is 13.6 Å². The number of Topliss-reactive ketones (excluding diaryl/α,β-unsaturated/α-hetero) is 1. The second-order valence-corrected chi connectivity index (χ2v) is 9.71. The Morgan fingerprint density at radius 1 is 1.21 bits per heavy atom. The standard InChI is InChI=1S/C26H30F2N2O3/c1-17(12-24(31)19-2-3-19)18-4-6-22(7-5-18)33-23-9-11-30(15-23)21-8-10-29-25(13-21)32-16-20-14-26(20,27)28/h4-8,10,13,17,19-20,23H,2-3,9,11-12,14-16H2,1H3/t17-,20?,23-/m1/s1. The molecule has 1 aromatic carbocycles. The van der Waals surface area contributed by atoms with E-state index in [0.29, 0.717) is 24.0 Å². The van der Waals surface area contributed by atoms with E-state index in [1.165, 1.54) is 0 Å². The number of hydrogen-bond donors (Lipinski definition) is 0. The fourth-order valence-corrected chi connectivity index (χ4v) is 4.43. The van der Waals surface area contributed by atoms with Gasteiger partial charge in [-0.05, 0) is 42.5 Å². The molecule has 2 aliphatic carbocycles. The van der Waals surface area contributed by atoms with Gasteiger partial charge in [0, 0.05) is 49.7 Å². The Labute approximate surface area is 193 Å². The number of pyridine rings is 1. The number of anilines is 1. The fraction of sp³-hybridized carbons (Fsp3) is 0.538. The van der Waals surface area contributed by atoms with Crippen LogP contribution >= 0.6 is 0 Å². The van der Waals surface area contributed by atoms with Gasteiger partial charge in [-0.15, -0.1) is 0 Å². The smallest absolute Gasteiger partial charge is 0.255 e. The third-order valence-corrected chi connectivity index (χ3v) is 6.91. The fourth-order valence-electron chi connectivity index (χ4n) is 4.43. The zero-order valence-electron chi connectivity index (χ0n) is 18.9. The number of ketones is 1. The van der Waals surface area contributed by atoms with Crippen LogP contribution in [0, 0.1) is 11.8 Å². The molecule has 0 amide bonds. The average molecular weight is 457 g/mol. The normalized spacial score (nSPS) is 24.4. The molecular weight excluding hydrogens is 426 g/mol. The summed E-state index contributed by atoms with van der Waals surface area (Å²) < 4.78 is 37.8. The van der Waals surface area contributed by atoms with Crippen LogP contribution in [0.25, 0.3) is 0 Å². The number of aromatic nitrogens is 1. The lowest BCUT2D eigenvalue weighted by Gasteiger charge is -2.20. The first-order valence-corrected chi connectivity index (χ1v) is 11.9. The van der Waals surface area contributed by atoms with Gasteiger partial charge in [-0.2, -0.15) is 0 Å². The van der Waals surface area contributed by atoms with Crippen molar-refractivity contribution in [2.45, 2.75) is 57.0 Å². The lowest BCUT2D eigenvalue weighted by atomic mass is 9.94. The van der Waals surface area contributed by atoms with Crippen LogP contribution in [-0.4, -0.2) is 42.5 Å². The molecule has 2 heterocycles. The van der Waals surface area contributed by atoms with Crippen molar-refractivity contribution in [3.63, 3.8) is 0 Å². The van der Waals surface area contributed by atoms with Crippen molar-refractivity contribution >= 4 is 11.5 Å². The summed E-state index contributed by atoms with van der Waals surface area (Å²) in [6.45, 7) is 3.68. The maximum absolute atomic E-state index is 13.1. The molecule has 176 valence electrons. The van der Waals surface area contributed by atoms with E-state index in [1.54, 1.807) is 6.20 Å². The summed E-state index contributed by atoms with van der Waals surface area (Å²) in [5, 5.41) is 0. The summed E-state index contributed by atoms with van der Waals surface area (Å²) in [6.07, 6.45) is 5.24. The molecular formula is C26H30F2N2O3. The third kappa shape index (κ3) is 5.45. The van der Waals surface area contributed by atoms with Gasteiger partial charge in [-0.1, -0.05) is 19.1 Å². The van der Waals surface area contributed by atoms with Gasteiger partial charge in [-0.3, -0.25) is 4.79 Å². The molecule has 3 aliphatic rings. The molecule has 5 rings (SSSR count). The van der Waals surface area contributed by atoms with Gasteiger partial charge in [0.25, 0.3) is 5.92 Å². The van der Waals surface area contributed by atoms with Gasteiger partial charge < -0.3 is 14.4 Å². The summed E-state index contributed by atoms with van der Waals surface area (Å²) in [5.41, 5.74) is 2.12. The molecule has 7 heteroatoms. The lowest BCUT2D eigenvalue weighted by Crippen LogP contribution is -2.24. The minimum Gasteiger partial charge on any atom is -0.489 e. The molecule has 1 unspecified atom stereocenters. The number of alkyl halides is 2. The highest BCUT2D eigenvalue weighted by atomic mass is 19.3. The molecule has 33 heavy (non-hydrogen) atoms. The molecule has 3 fully saturated rings. The topological polar surface area (TPSA) is 51.7 Å². The lowest BCUT2D eigenvalue weighted by molar-refractivity contribution is -0.120. The maximum Gasteiger partial charge on any atom is 0.255 e. The highest BCUT2D eigenvalue weighted by molar-refractivity contribution is 5.83. The first-order valence-electron chi connectivity index (χ1n) is 11.9. The minimum absolute atomic E-state index is 0.00144. The van der Waals surface area contributed by atoms with E-state index in [0.717, 1.165) is 49.4 Å². The van der Waals surface area contributed by atoms with Crippen LogP contribution in [0.15, 0.2) is 42.6 Å². The highest BCUT2D eigenvalue weighted by Gasteiger charge is 2.57. The quantitative estimate of drug-likeness (QED) is 0.489. The van der Waals surface area contributed by atoms with E-state index in [-0.39, 0.29) is 25.0 Å². The first-order chi connectivity index (χ1) is 15.9. The van der Waals surface area contributed by atoms with Crippen LogP contribution in [0.5, 0.6) is 11.6 Å².